The van der Waals surface area contributed by atoms with Gasteiger partial charge in [-0.05, 0) is 56.5 Å². The maximum Gasteiger partial charge on any atom is 0.262 e. The first-order valence-corrected chi connectivity index (χ1v) is 17.0. The second-order valence-electron chi connectivity index (χ2n) is 12.8. The zero-order chi connectivity index (χ0) is 36.1. The Bertz CT molecular complexity index is 2100. The Labute approximate surface area is 300 Å². The Hall–Kier alpha value is -4.92. The number of nitrogens with two attached hydrogens (primary N) is 1. The van der Waals surface area contributed by atoms with Gasteiger partial charge in [0.25, 0.3) is 11.8 Å². The Morgan fingerprint density at radius 2 is 1.71 bits per heavy atom. The Kier molecular flexibility index (Phi) is 9.25. The van der Waals surface area contributed by atoms with Crippen molar-refractivity contribution in [2.75, 3.05) is 18.8 Å². The second kappa shape index (κ2) is 13.7. The quantitative estimate of drug-likeness (QED) is 0.177. The first-order valence-electron chi connectivity index (χ1n) is 16.3. The van der Waals surface area contributed by atoms with Crippen LogP contribution < -0.4 is 15.8 Å². The monoisotopic (exact) mass is 737 g/mol. The smallest absolute Gasteiger partial charge is 0.262 e. The van der Waals surface area contributed by atoms with E-state index in [2.05, 4.69) is 20.3 Å². The van der Waals surface area contributed by atoms with E-state index in [1.165, 1.54) is 18.2 Å². The predicted molar refractivity (Wildman–Crippen MR) is 182 cm³/mol. The normalized spacial score (nSPS) is 19.0. The van der Waals surface area contributed by atoms with Crippen molar-refractivity contribution in [3.05, 3.63) is 92.9 Å². The Balaban J connectivity index is 0.992. The van der Waals surface area contributed by atoms with Gasteiger partial charge < -0.3 is 10.5 Å². The van der Waals surface area contributed by atoms with Crippen molar-refractivity contribution in [1.29, 1.82) is 0 Å². The van der Waals surface area contributed by atoms with Crippen LogP contribution in [0.1, 0.15) is 76.6 Å². The number of carbonyl (C=O) groups is 4. The van der Waals surface area contributed by atoms with Crippen LogP contribution in [0.15, 0.2) is 48.9 Å². The molecule has 0 spiro atoms. The van der Waals surface area contributed by atoms with E-state index in [0.717, 1.165) is 29.4 Å². The molecule has 7 rings (SSSR count). The maximum absolute atomic E-state index is 15.3. The summed E-state index contributed by atoms with van der Waals surface area (Å²) in [6, 6.07) is 5.71. The van der Waals surface area contributed by atoms with Crippen LogP contribution in [0.5, 0.6) is 5.75 Å². The molecule has 3 N–H and O–H groups in total. The number of aromatic nitrogens is 3. The summed E-state index contributed by atoms with van der Waals surface area (Å²) in [5, 5.41) is 6.86. The van der Waals surface area contributed by atoms with Crippen molar-refractivity contribution in [3.8, 4) is 16.9 Å². The van der Waals surface area contributed by atoms with Gasteiger partial charge in [0.05, 0.1) is 28.4 Å². The van der Waals surface area contributed by atoms with E-state index in [4.69, 9.17) is 33.7 Å². The summed E-state index contributed by atoms with van der Waals surface area (Å²) in [6.07, 6.45) is 5.94. The lowest BCUT2D eigenvalue weighted by atomic mass is 10.0. The first kappa shape index (κ1) is 34.5. The molecule has 2 unspecified atom stereocenters. The lowest BCUT2D eigenvalue weighted by molar-refractivity contribution is -0.136. The number of fused-ring (bicyclic) bond motifs is 1. The molecule has 2 aromatic carbocycles. The number of likely N-dealkylation sites (tertiary alicyclic amines) is 1. The molecule has 5 heterocycles. The van der Waals surface area contributed by atoms with Crippen molar-refractivity contribution in [1.82, 2.24) is 29.9 Å². The van der Waals surface area contributed by atoms with Gasteiger partial charge in [-0.3, -0.25) is 39.0 Å². The minimum Gasteiger partial charge on any atom is -0.482 e. The molecule has 4 amide bonds. The highest BCUT2D eigenvalue weighted by Gasteiger charge is 2.45. The number of imide groups is 2. The van der Waals surface area contributed by atoms with E-state index < -0.39 is 47.4 Å². The number of hydrogen-bond donors (Lipinski definition) is 2. The van der Waals surface area contributed by atoms with Crippen LogP contribution in [0.3, 0.4) is 0 Å². The number of carbonyl (C=O) groups excluding carboxylic acids is 4. The molecule has 0 aliphatic carbocycles. The molecule has 2 saturated heterocycles. The average Bonchev–Trinajstić information content (AvgIpc) is 3.68. The fourth-order valence-corrected chi connectivity index (χ4v) is 7.48. The number of nitrogens with zero attached hydrogens (tertiary/aromatic N) is 5. The number of nitrogen functional groups attached to an aromatic ring is 1. The van der Waals surface area contributed by atoms with Crippen LogP contribution in [0, 0.1) is 11.6 Å². The first-order chi connectivity index (χ1) is 24.4. The van der Waals surface area contributed by atoms with Crippen LogP contribution in [0.25, 0.3) is 11.1 Å². The number of benzene rings is 2. The Morgan fingerprint density at radius 1 is 0.980 bits per heavy atom. The lowest BCUT2D eigenvalue weighted by Crippen LogP contribution is -2.54. The summed E-state index contributed by atoms with van der Waals surface area (Å²) in [5.74, 6) is -3.44. The third-order valence-electron chi connectivity index (χ3n) is 9.54. The maximum atomic E-state index is 15.3. The molecule has 2 atom stereocenters. The molecular formula is C35H31Cl2F2N7O5. The number of piperidine rings is 2. The van der Waals surface area contributed by atoms with E-state index in [1.807, 2.05) is 10.9 Å². The zero-order valence-corrected chi connectivity index (χ0v) is 28.7. The van der Waals surface area contributed by atoms with E-state index >= 15 is 4.39 Å². The fourth-order valence-electron chi connectivity index (χ4n) is 6.80. The topological polar surface area (TPSA) is 153 Å². The molecular weight excluding hydrogens is 707 g/mol. The second-order valence-corrected chi connectivity index (χ2v) is 13.6. The summed E-state index contributed by atoms with van der Waals surface area (Å²) in [7, 11) is 0. The van der Waals surface area contributed by atoms with E-state index in [0.29, 0.717) is 24.2 Å². The molecule has 3 aliphatic rings. The molecule has 16 heteroatoms. The summed E-state index contributed by atoms with van der Waals surface area (Å²) in [5.41, 5.74) is 8.08. The number of amides is 4. The van der Waals surface area contributed by atoms with Gasteiger partial charge in [0.1, 0.15) is 23.8 Å². The highest BCUT2D eigenvalue weighted by Crippen LogP contribution is 2.37. The summed E-state index contributed by atoms with van der Waals surface area (Å²) in [4.78, 5) is 57.4. The molecule has 0 radical (unpaired) electrons. The third-order valence-corrected chi connectivity index (χ3v) is 10.3. The molecule has 3 aliphatic heterocycles. The van der Waals surface area contributed by atoms with Crippen molar-refractivity contribution in [2.45, 2.75) is 57.3 Å². The van der Waals surface area contributed by atoms with Crippen LogP contribution in [0.2, 0.25) is 10.0 Å². The minimum atomic E-state index is -1.12. The average molecular weight is 739 g/mol. The lowest BCUT2D eigenvalue weighted by Gasteiger charge is -2.32. The van der Waals surface area contributed by atoms with Crippen molar-refractivity contribution in [2.24, 2.45) is 0 Å². The van der Waals surface area contributed by atoms with Gasteiger partial charge in [-0.2, -0.15) is 5.10 Å². The molecule has 2 fully saturated rings. The van der Waals surface area contributed by atoms with Gasteiger partial charge >= 0.3 is 0 Å². The summed E-state index contributed by atoms with van der Waals surface area (Å²) < 4.78 is 37.3. The molecule has 0 bridgehead atoms. The minimum absolute atomic E-state index is 0.00153. The number of anilines is 1. The van der Waals surface area contributed by atoms with E-state index in [1.54, 1.807) is 25.4 Å². The molecule has 12 nitrogen and oxygen atoms in total. The molecule has 4 aromatic rings. The van der Waals surface area contributed by atoms with E-state index in [9.17, 15) is 23.6 Å². The van der Waals surface area contributed by atoms with Crippen molar-refractivity contribution < 1.29 is 32.7 Å². The number of hydrogen-bond acceptors (Lipinski definition) is 9. The predicted octanol–water partition coefficient (Wildman–Crippen LogP) is 5.49. The van der Waals surface area contributed by atoms with E-state index in [-0.39, 0.29) is 63.7 Å². The number of rotatable bonds is 8. The largest absolute Gasteiger partial charge is 0.482 e. The van der Waals surface area contributed by atoms with Crippen LogP contribution >= 0.6 is 23.2 Å². The van der Waals surface area contributed by atoms with Gasteiger partial charge in [-0.25, -0.2) is 13.8 Å². The standard InChI is InChI=1S/C35H31Cl2F2N7O5/c1-17(30-24(36)2-3-25(38)31(30)37)51-28-11-18(13-41-32(28)40)20-14-42-45(16-20)21-6-8-44(9-7-21)15-19-10-22-23(12-26(19)39)35(50)46(34(22)49)27-4-5-29(47)43-33(27)48/h2-3,10-14,16-17,21,27H,4-9,15H2,1H3,(H2,40,41)(H,43,47,48). The highest BCUT2D eigenvalue weighted by atomic mass is 35.5. The molecule has 51 heavy (non-hydrogen) atoms. The molecule has 0 saturated carbocycles. The van der Waals surface area contributed by atoms with Gasteiger partial charge in [0, 0.05) is 65.7 Å². The fraction of sp³-hybridized carbons (Fsp3) is 0.314. The zero-order valence-electron chi connectivity index (χ0n) is 27.2. The van der Waals surface area contributed by atoms with Crippen molar-refractivity contribution in [3.63, 3.8) is 0 Å². The summed E-state index contributed by atoms with van der Waals surface area (Å²) >= 11 is 12.4. The van der Waals surface area contributed by atoms with Gasteiger partial charge in [0.2, 0.25) is 11.8 Å². The molecule has 2 aromatic heterocycles. The summed E-state index contributed by atoms with van der Waals surface area (Å²) in [6.45, 7) is 3.15. The number of pyridine rings is 1. The van der Waals surface area contributed by atoms with Gasteiger partial charge in [-0.1, -0.05) is 23.2 Å². The van der Waals surface area contributed by atoms with Crippen LogP contribution in [0.4, 0.5) is 14.6 Å². The number of ether oxygens (including phenoxy) is 1. The number of nitrogens with one attached hydrogen (secondary N) is 1. The van der Waals surface area contributed by atoms with Gasteiger partial charge in [0.15, 0.2) is 11.6 Å². The van der Waals surface area contributed by atoms with Crippen molar-refractivity contribution >= 4 is 52.6 Å². The third kappa shape index (κ3) is 6.54. The number of halogens is 4. The highest BCUT2D eigenvalue weighted by molar-refractivity contribution is 6.36. The van der Waals surface area contributed by atoms with Crippen LogP contribution in [-0.4, -0.2) is 67.3 Å². The van der Waals surface area contributed by atoms with Gasteiger partial charge in [-0.15, -0.1) is 0 Å². The molecule has 264 valence electrons. The SMILES string of the molecule is CC(Oc1cc(-c2cnn(C3CCN(Cc4cc5c(cc4F)C(=O)N(C4CCC(=O)NC4=O)C5=O)CC3)c2)cnc1N)c1c(Cl)ccc(F)c1Cl. The Morgan fingerprint density at radius 3 is 2.43 bits per heavy atom. The van der Waals surface area contributed by atoms with Crippen LogP contribution in [-0.2, 0) is 16.1 Å².